The molecule has 1 heterocycles. The highest BCUT2D eigenvalue weighted by Crippen LogP contribution is 2.30. The molecule has 0 atom stereocenters. The molecule has 27 heavy (non-hydrogen) atoms. The summed E-state index contributed by atoms with van der Waals surface area (Å²) in [5, 5.41) is 0. The first-order chi connectivity index (χ1) is 13.0. The van der Waals surface area contributed by atoms with Crippen molar-refractivity contribution >= 4 is 40.5 Å². The van der Waals surface area contributed by atoms with E-state index in [9.17, 15) is 9.59 Å². The maximum absolute atomic E-state index is 12.6. The molecule has 2 aromatic rings. The van der Waals surface area contributed by atoms with Crippen molar-refractivity contribution in [3.8, 4) is 0 Å². The lowest BCUT2D eigenvalue weighted by Gasteiger charge is -2.26. The minimum atomic E-state index is -0.232. The predicted molar refractivity (Wildman–Crippen MR) is 112 cm³/mol. The molecule has 0 fully saturated rings. The number of halogens is 1. The number of nitrogens with zero attached hydrogens (tertiary/aromatic N) is 1. The molecule has 1 amide bonds. The fourth-order valence-electron chi connectivity index (χ4n) is 3.04. The number of carbonyl (C=O) groups excluding carboxylic acids is 2. The van der Waals surface area contributed by atoms with Crippen LogP contribution in [0.15, 0.2) is 30.3 Å². The van der Waals surface area contributed by atoms with Crippen molar-refractivity contribution < 1.29 is 14.3 Å². The van der Waals surface area contributed by atoms with E-state index in [0.29, 0.717) is 13.2 Å². The van der Waals surface area contributed by atoms with Gasteiger partial charge in [0.05, 0.1) is 25.3 Å². The quantitative estimate of drug-likeness (QED) is 0.445. The average molecular weight is 408 g/mol. The number of hydrogen-bond donors (Lipinski definition) is 0. The van der Waals surface area contributed by atoms with E-state index in [1.165, 1.54) is 11.3 Å². The van der Waals surface area contributed by atoms with Gasteiger partial charge in [0, 0.05) is 9.75 Å². The third kappa shape index (κ3) is 5.56. The Morgan fingerprint density at radius 1 is 1.04 bits per heavy atom. The van der Waals surface area contributed by atoms with Crippen LogP contribution >= 0.6 is 22.9 Å². The van der Waals surface area contributed by atoms with Crippen LogP contribution in [0.1, 0.15) is 41.7 Å². The van der Waals surface area contributed by atoms with Crippen molar-refractivity contribution in [2.24, 2.45) is 0 Å². The first-order valence-electron chi connectivity index (χ1n) is 9.24. The molecule has 0 radical (unpaired) electrons. The van der Waals surface area contributed by atoms with Crippen molar-refractivity contribution in [3.05, 3.63) is 51.2 Å². The number of carbonyl (C=O) groups is 2. The Kier molecular flexibility index (Phi) is 8.32. The summed E-state index contributed by atoms with van der Waals surface area (Å²) >= 11 is 7.44. The summed E-state index contributed by atoms with van der Waals surface area (Å²) in [7, 11) is 0. The van der Waals surface area contributed by atoms with Crippen molar-refractivity contribution in [1.82, 2.24) is 0 Å². The number of amides is 1. The molecule has 0 aliphatic rings. The Labute approximate surface area is 170 Å². The highest BCUT2D eigenvalue weighted by Gasteiger charge is 2.21. The Morgan fingerprint density at radius 2 is 1.67 bits per heavy atom. The van der Waals surface area contributed by atoms with Gasteiger partial charge in [0.15, 0.2) is 0 Å². The number of thiophene rings is 1. The normalized spacial score (nSPS) is 10.7. The second kappa shape index (κ2) is 10.5. The fraction of sp³-hybridized carbons (Fsp3) is 0.429. The molecule has 146 valence electrons. The Balaban J connectivity index is 2.31. The van der Waals surface area contributed by atoms with E-state index < -0.39 is 0 Å². The van der Waals surface area contributed by atoms with Crippen LogP contribution in [0.3, 0.4) is 0 Å². The van der Waals surface area contributed by atoms with Crippen molar-refractivity contribution in [2.75, 3.05) is 17.4 Å². The molecule has 0 saturated heterocycles. The zero-order valence-electron chi connectivity index (χ0n) is 16.1. The number of anilines is 1. The second-order valence-electron chi connectivity index (χ2n) is 6.10. The summed E-state index contributed by atoms with van der Waals surface area (Å²) in [6.07, 6.45) is 1.94. The van der Waals surface area contributed by atoms with Crippen LogP contribution in [0, 0.1) is 0 Å². The zero-order chi connectivity index (χ0) is 19.8. The third-order valence-corrected chi connectivity index (χ3v) is 5.60. The van der Waals surface area contributed by atoms with Crippen LogP contribution in [0.5, 0.6) is 0 Å². The number of alkyl halides is 1. The van der Waals surface area contributed by atoms with E-state index in [4.69, 9.17) is 16.3 Å². The molecule has 0 spiro atoms. The lowest BCUT2D eigenvalue weighted by molar-refractivity contribution is -0.142. The molecule has 0 saturated carbocycles. The lowest BCUT2D eigenvalue weighted by atomic mass is 10.0. The maximum Gasteiger partial charge on any atom is 0.311 e. The number of rotatable bonds is 9. The summed E-state index contributed by atoms with van der Waals surface area (Å²) in [5.41, 5.74) is 3.24. The number of esters is 1. The Morgan fingerprint density at radius 3 is 2.22 bits per heavy atom. The molecule has 0 N–H and O–H groups in total. The average Bonchev–Trinajstić information content (AvgIpc) is 3.11. The van der Waals surface area contributed by atoms with Gasteiger partial charge >= 0.3 is 5.97 Å². The van der Waals surface area contributed by atoms with Gasteiger partial charge in [-0.25, -0.2) is 0 Å². The van der Waals surface area contributed by atoms with Crippen molar-refractivity contribution in [1.29, 1.82) is 0 Å². The maximum atomic E-state index is 12.6. The van der Waals surface area contributed by atoms with E-state index in [1.807, 2.05) is 18.2 Å². The first-order valence-corrected chi connectivity index (χ1v) is 10.6. The van der Waals surface area contributed by atoms with Crippen LogP contribution in [-0.2, 0) is 40.1 Å². The Bertz CT molecular complexity index is 765. The van der Waals surface area contributed by atoms with Crippen molar-refractivity contribution in [3.63, 3.8) is 0 Å². The molecule has 0 unspecified atom stereocenters. The molecule has 1 aromatic heterocycles. The van der Waals surface area contributed by atoms with Gasteiger partial charge in [-0.15, -0.1) is 22.9 Å². The van der Waals surface area contributed by atoms with Gasteiger partial charge in [-0.3, -0.25) is 9.59 Å². The van der Waals surface area contributed by atoms with Gasteiger partial charge in [-0.05, 0) is 43.0 Å². The van der Waals surface area contributed by atoms with E-state index >= 15 is 0 Å². The van der Waals surface area contributed by atoms with E-state index in [1.54, 1.807) is 11.8 Å². The molecule has 1 aromatic carbocycles. The van der Waals surface area contributed by atoms with Gasteiger partial charge in [0.2, 0.25) is 5.91 Å². The standard InChI is InChI=1S/C21H26ClNO3S/c1-4-15-8-7-9-16(5-2)21(15)23(19(24)13-22)14-18-11-10-17(27-18)12-20(25)26-6-3/h7-11H,4-6,12-14H2,1-3H3. The monoisotopic (exact) mass is 407 g/mol. The SMILES string of the molecule is CCOC(=O)Cc1ccc(CN(C(=O)CCl)c2c(CC)cccc2CC)s1. The van der Waals surface area contributed by atoms with Crippen LogP contribution in [0.2, 0.25) is 0 Å². The van der Waals surface area contributed by atoms with E-state index in [2.05, 4.69) is 26.0 Å². The summed E-state index contributed by atoms with van der Waals surface area (Å²) in [6, 6.07) is 10.0. The number of benzene rings is 1. The summed E-state index contributed by atoms with van der Waals surface area (Å²) in [4.78, 5) is 28.1. The predicted octanol–water partition coefficient (Wildman–Crippen LogP) is 4.75. The largest absolute Gasteiger partial charge is 0.466 e. The number of para-hydroxylation sites is 1. The molecule has 0 aliphatic carbocycles. The van der Waals surface area contributed by atoms with Gasteiger partial charge in [0.1, 0.15) is 5.88 Å². The minimum absolute atomic E-state index is 0.0672. The minimum Gasteiger partial charge on any atom is -0.466 e. The van der Waals surface area contributed by atoms with Crippen LogP contribution in [0.25, 0.3) is 0 Å². The van der Waals surface area contributed by atoms with Gasteiger partial charge in [-0.2, -0.15) is 0 Å². The first kappa shape index (κ1) is 21.5. The lowest BCUT2D eigenvalue weighted by Crippen LogP contribution is -2.32. The summed E-state index contributed by atoms with van der Waals surface area (Å²) in [6.45, 7) is 6.80. The van der Waals surface area contributed by atoms with Gasteiger partial charge in [0.25, 0.3) is 0 Å². The van der Waals surface area contributed by atoms with Crippen LogP contribution in [0.4, 0.5) is 5.69 Å². The van der Waals surface area contributed by atoms with Gasteiger partial charge < -0.3 is 9.64 Å². The highest BCUT2D eigenvalue weighted by molar-refractivity contribution is 7.12. The van der Waals surface area contributed by atoms with E-state index in [-0.39, 0.29) is 24.2 Å². The Hall–Kier alpha value is -1.85. The van der Waals surface area contributed by atoms with Crippen molar-refractivity contribution in [2.45, 2.75) is 46.6 Å². The molecular weight excluding hydrogens is 382 g/mol. The molecule has 4 nitrogen and oxygen atoms in total. The molecule has 0 bridgehead atoms. The number of aryl methyl sites for hydroxylation is 2. The second-order valence-corrected chi connectivity index (χ2v) is 7.62. The summed E-state index contributed by atoms with van der Waals surface area (Å²) < 4.78 is 5.01. The highest BCUT2D eigenvalue weighted by atomic mass is 35.5. The third-order valence-electron chi connectivity index (χ3n) is 4.31. The van der Waals surface area contributed by atoms with Crippen LogP contribution in [-0.4, -0.2) is 24.4 Å². The molecule has 2 rings (SSSR count). The molecular formula is C21H26ClNO3S. The number of ether oxygens (including phenoxy) is 1. The fourth-order valence-corrected chi connectivity index (χ4v) is 4.18. The molecule has 6 heteroatoms. The topological polar surface area (TPSA) is 46.6 Å². The molecule has 0 aliphatic heterocycles. The number of hydrogen-bond acceptors (Lipinski definition) is 4. The smallest absolute Gasteiger partial charge is 0.311 e. The van der Waals surface area contributed by atoms with Crippen LogP contribution < -0.4 is 4.90 Å². The van der Waals surface area contributed by atoms with E-state index in [0.717, 1.165) is 39.4 Å². The zero-order valence-corrected chi connectivity index (χ0v) is 17.7. The summed E-state index contributed by atoms with van der Waals surface area (Å²) in [5.74, 6) is -0.417. The van der Waals surface area contributed by atoms with Gasteiger partial charge in [-0.1, -0.05) is 32.0 Å².